The highest BCUT2D eigenvalue weighted by Gasteiger charge is 2.13. The Labute approximate surface area is 151 Å². The normalized spacial score (nSPS) is 10.2. The topological polar surface area (TPSA) is 84.0 Å². The van der Waals surface area contributed by atoms with E-state index in [4.69, 9.17) is 0 Å². The van der Waals surface area contributed by atoms with Gasteiger partial charge in [0.05, 0.1) is 11.9 Å². The second-order valence-electron chi connectivity index (χ2n) is 5.84. The van der Waals surface area contributed by atoms with Gasteiger partial charge >= 0.3 is 0 Å². The zero-order chi connectivity index (χ0) is 18.5. The molecule has 6 heteroatoms. The molecule has 0 aliphatic heterocycles. The molecule has 2 heterocycles. The van der Waals surface area contributed by atoms with Crippen LogP contribution in [0.2, 0.25) is 0 Å². The fourth-order valence-corrected chi connectivity index (χ4v) is 2.44. The third-order valence-corrected chi connectivity index (χ3v) is 3.78. The molecule has 0 spiro atoms. The number of nitrogens with one attached hydrogen (secondary N) is 2. The standard InChI is InChI=1S/C20H18N4O2/c1-13-8-9-15(23-20(26)18-7-3-5-14(2)22-18)11-17(13)19(25)24-16-6-4-10-21-12-16/h3-12H,1-2H3,(H,23,26)(H,24,25). The molecule has 1 aromatic carbocycles. The number of nitrogens with zero attached hydrogens (tertiary/aromatic N) is 2. The quantitative estimate of drug-likeness (QED) is 0.756. The summed E-state index contributed by atoms with van der Waals surface area (Å²) in [4.78, 5) is 33.0. The Balaban J connectivity index is 1.79. The number of pyridine rings is 2. The lowest BCUT2D eigenvalue weighted by atomic mass is 10.1. The maximum atomic E-state index is 12.5. The van der Waals surface area contributed by atoms with E-state index in [-0.39, 0.29) is 11.8 Å². The van der Waals surface area contributed by atoms with E-state index in [9.17, 15) is 9.59 Å². The molecule has 2 aromatic heterocycles. The van der Waals surface area contributed by atoms with Crippen molar-refractivity contribution in [2.45, 2.75) is 13.8 Å². The Morgan fingerprint density at radius 3 is 2.42 bits per heavy atom. The van der Waals surface area contributed by atoms with Crippen LogP contribution in [0.5, 0.6) is 0 Å². The van der Waals surface area contributed by atoms with E-state index < -0.39 is 0 Å². The van der Waals surface area contributed by atoms with Crippen LogP contribution in [-0.2, 0) is 0 Å². The van der Waals surface area contributed by atoms with Gasteiger partial charge in [0, 0.05) is 23.1 Å². The monoisotopic (exact) mass is 346 g/mol. The number of aromatic nitrogens is 2. The van der Waals surface area contributed by atoms with Gasteiger partial charge in [0.2, 0.25) is 0 Å². The van der Waals surface area contributed by atoms with Gasteiger partial charge in [-0.3, -0.25) is 14.6 Å². The predicted molar refractivity (Wildman–Crippen MR) is 100 cm³/mol. The number of amides is 2. The second-order valence-corrected chi connectivity index (χ2v) is 5.84. The van der Waals surface area contributed by atoms with Crippen molar-refractivity contribution in [3.63, 3.8) is 0 Å². The highest BCUT2D eigenvalue weighted by Crippen LogP contribution is 2.18. The molecule has 0 atom stereocenters. The van der Waals surface area contributed by atoms with Crippen molar-refractivity contribution in [3.05, 3.63) is 83.4 Å². The van der Waals surface area contributed by atoms with Crippen LogP contribution < -0.4 is 10.6 Å². The van der Waals surface area contributed by atoms with Gasteiger partial charge in [0.25, 0.3) is 11.8 Å². The molecule has 3 aromatic rings. The Hall–Kier alpha value is -3.54. The Bertz CT molecular complexity index is 955. The van der Waals surface area contributed by atoms with Crippen LogP contribution in [0.4, 0.5) is 11.4 Å². The first-order valence-electron chi connectivity index (χ1n) is 8.10. The third-order valence-electron chi connectivity index (χ3n) is 3.78. The van der Waals surface area contributed by atoms with Crippen molar-refractivity contribution in [2.24, 2.45) is 0 Å². The molecule has 0 unspecified atom stereocenters. The smallest absolute Gasteiger partial charge is 0.274 e. The maximum absolute atomic E-state index is 12.5. The Morgan fingerprint density at radius 2 is 1.69 bits per heavy atom. The van der Waals surface area contributed by atoms with Crippen molar-refractivity contribution < 1.29 is 9.59 Å². The summed E-state index contributed by atoms with van der Waals surface area (Å²) < 4.78 is 0. The second kappa shape index (κ2) is 7.57. The summed E-state index contributed by atoms with van der Waals surface area (Å²) in [6.45, 7) is 3.66. The van der Waals surface area contributed by atoms with Crippen molar-refractivity contribution >= 4 is 23.2 Å². The molecule has 26 heavy (non-hydrogen) atoms. The van der Waals surface area contributed by atoms with Gasteiger partial charge in [-0.2, -0.15) is 0 Å². The van der Waals surface area contributed by atoms with Gasteiger partial charge in [-0.25, -0.2) is 4.98 Å². The van der Waals surface area contributed by atoms with Crippen LogP contribution in [-0.4, -0.2) is 21.8 Å². The van der Waals surface area contributed by atoms with Crippen LogP contribution in [0, 0.1) is 13.8 Å². The van der Waals surface area contributed by atoms with E-state index >= 15 is 0 Å². The van der Waals surface area contributed by atoms with Gasteiger partial charge in [-0.1, -0.05) is 12.1 Å². The minimum atomic E-state index is -0.323. The minimum Gasteiger partial charge on any atom is -0.321 e. The molecular weight excluding hydrogens is 328 g/mol. The maximum Gasteiger partial charge on any atom is 0.274 e. The molecule has 3 rings (SSSR count). The van der Waals surface area contributed by atoms with E-state index in [1.54, 1.807) is 54.9 Å². The first-order chi connectivity index (χ1) is 12.5. The number of rotatable bonds is 4. The summed E-state index contributed by atoms with van der Waals surface area (Å²) in [5.74, 6) is -0.587. The van der Waals surface area contributed by atoms with Crippen LogP contribution in [0.15, 0.2) is 60.9 Å². The predicted octanol–water partition coefficient (Wildman–Crippen LogP) is 3.60. The summed E-state index contributed by atoms with van der Waals surface area (Å²) in [7, 11) is 0. The number of anilines is 2. The highest BCUT2D eigenvalue weighted by molar-refractivity contribution is 6.07. The summed E-state index contributed by atoms with van der Waals surface area (Å²) in [5.41, 5.74) is 3.50. The number of hydrogen-bond acceptors (Lipinski definition) is 4. The molecule has 6 nitrogen and oxygen atoms in total. The summed E-state index contributed by atoms with van der Waals surface area (Å²) in [6, 6.07) is 13.9. The summed E-state index contributed by atoms with van der Waals surface area (Å²) >= 11 is 0. The fourth-order valence-electron chi connectivity index (χ4n) is 2.44. The van der Waals surface area contributed by atoms with Gasteiger partial charge < -0.3 is 10.6 Å². The van der Waals surface area contributed by atoms with Crippen LogP contribution >= 0.6 is 0 Å². The van der Waals surface area contributed by atoms with Crippen LogP contribution in [0.25, 0.3) is 0 Å². The first-order valence-corrected chi connectivity index (χ1v) is 8.10. The summed E-state index contributed by atoms with van der Waals surface area (Å²) in [6.07, 6.45) is 3.21. The molecule has 130 valence electrons. The van der Waals surface area contributed by atoms with Crippen LogP contribution in [0.3, 0.4) is 0 Å². The van der Waals surface area contributed by atoms with E-state index in [0.717, 1.165) is 11.3 Å². The van der Waals surface area contributed by atoms with Crippen molar-refractivity contribution in [2.75, 3.05) is 10.6 Å². The lowest BCUT2D eigenvalue weighted by Gasteiger charge is -2.11. The lowest BCUT2D eigenvalue weighted by Crippen LogP contribution is -2.16. The number of hydrogen-bond donors (Lipinski definition) is 2. The van der Waals surface area contributed by atoms with E-state index in [1.165, 1.54) is 0 Å². The zero-order valence-electron chi connectivity index (χ0n) is 14.5. The van der Waals surface area contributed by atoms with Crippen molar-refractivity contribution in [1.29, 1.82) is 0 Å². The largest absolute Gasteiger partial charge is 0.321 e. The average Bonchev–Trinajstić information content (AvgIpc) is 2.64. The third kappa shape index (κ3) is 4.10. The van der Waals surface area contributed by atoms with Gasteiger partial charge in [-0.05, 0) is 55.8 Å². The molecule has 0 aliphatic rings. The SMILES string of the molecule is Cc1cccc(C(=O)Nc2ccc(C)c(C(=O)Nc3cccnc3)c2)n1. The number of benzene rings is 1. The number of aryl methyl sites for hydroxylation is 2. The molecule has 2 N–H and O–H groups in total. The Kier molecular flexibility index (Phi) is 5.03. The summed E-state index contributed by atoms with van der Waals surface area (Å²) in [5, 5.41) is 5.57. The van der Waals surface area contributed by atoms with E-state index in [2.05, 4.69) is 20.6 Å². The highest BCUT2D eigenvalue weighted by atomic mass is 16.2. The van der Waals surface area contributed by atoms with E-state index in [1.807, 2.05) is 19.9 Å². The van der Waals surface area contributed by atoms with E-state index in [0.29, 0.717) is 22.6 Å². The molecule has 0 bridgehead atoms. The molecule has 0 fully saturated rings. The molecule has 0 saturated heterocycles. The molecule has 0 radical (unpaired) electrons. The van der Waals surface area contributed by atoms with Crippen molar-refractivity contribution in [3.8, 4) is 0 Å². The molecule has 2 amide bonds. The lowest BCUT2D eigenvalue weighted by molar-refractivity contribution is 0.101. The average molecular weight is 346 g/mol. The van der Waals surface area contributed by atoms with Crippen LogP contribution in [0.1, 0.15) is 32.1 Å². The molecule has 0 saturated carbocycles. The van der Waals surface area contributed by atoms with Gasteiger partial charge in [0.15, 0.2) is 0 Å². The number of carbonyl (C=O) groups excluding carboxylic acids is 2. The molecule has 0 aliphatic carbocycles. The molecular formula is C20H18N4O2. The van der Waals surface area contributed by atoms with Gasteiger partial charge in [-0.15, -0.1) is 0 Å². The van der Waals surface area contributed by atoms with Crippen molar-refractivity contribution in [1.82, 2.24) is 9.97 Å². The fraction of sp³-hybridized carbons (Fsp3) is 0.100. The number of carbonyl (C=O) groups is 2. The Morgan fingerprint density at radius 1 is 0.885 bits per heavy atom. The van der Waals surface area contributed by atoms with Gasteiger partial charge in [0.1, 0.15) is 5.69 Å². The first kappa shape index (κ1) is 17.3. The minimum absolute atomic E-state index is 0.264. The zero-order valence-corrected chi connectivity index (χ0v) is 14.5.